The summed E-state index contributed by atoms with van der Waals surface area (Å²) in [5.41, 5.74) is 3.44. The molecule has 0 unspecified atom stereocenters. The SMILES string of the molecule is CC[C@H](O)c1ccc2c(c1)c1ccccc1n2C. The van der Waals surface area contributed by atoms with Crippen molar-refractivity contribution in [3.8, 4) is 0 Å². The standard InChI is InChI=1S/C16H17NO/c1-3-16(18)11-8-9-15-13(10-11)12-6-4-5-7-14(12)17(15)2/h4-10,16,18H,3H2,1-2H3/t16-/m0/s1. The average molecular weight is 239 g/mol. The molecule has 0 saturated heterocycles. The third kappa shape index (κ3) is 1.53. The molecule has 1 atom stereocenters. The molecule has 1 N–H and O–H groups in total. The number of rotatable bonds is 2. The van der Waals surface area contributed by atoms with Crippen molar-refractivity contribution in [1.29, 1.82) is 0 Å². The molecule has 2 heteroatoms. The van der Waals surface area contributed by atoms with Gasteiger partial charge in [-0.3, -0.25) is 0 Å². The fourth-order valence-electron chi connectivity index (χ4n) is 2.63. The molecule has 0 saturated carbocycles. The van der Waals surface area contributed by atoms with Gasteiger partial charge in [0.15, 0.2) is 0 Å². The van der Waals surface area contributed by atoms with E-state index in [2.05, 4.69) is 48.0 Å². The van der Waals surface area contributed by atoms with Crippen LogP contribution in [0.2, 0.25) is 0 Å². The summed E-state index contributed by atoms with van der Waals surface area (Å²) in [5.74, 6) is 0. The zero-order chi connectivity index (χ0) is 12.7. The van der Waals surface area contributed by atoms with Crippen molar-refractivity contribution >= 4 is 21.8 Å². The van der Waals surface area contributed by atoms with E-state index >= 15 is 0 Å². The third-order valence-electron chi connectivity index (χ3n) is 3.71. The number of hydrogen-bond acceptors (Lipinski definition) is 1. The predicted octanol–water partition coefficient (Wildman–Crippen LogP) is 3.77. The van der Waals surface area contributed by atoms with E-state index in [1.165, 1.54) is 21.8 Å². The summed E-state index contributed by atoms with van der Waals surface area (Å²) in [4.78, 5) is 0. The first-order chi connectivity index (χ1) is 8.72. The summed E-state index contributed by atoms with van der Waals surface area (Å²) < 4.78 is 2.20. The van der Waals surface area contributed by atoms with Gasteiger partial charge in [0.1, 0.15) is 0 Å². The number of hydrogen-bond donors (Lipinski definition) is 1. The van der Waals surface area contributed by atoms with Crippen LogP contribution in [0.5, 0.6) is 0 Å². The van der Waals surface area contributed by atoms with Crippen molar-refractivity contribution in [1.82, 2.24) is 4.57 Å². The molecule has 1 aromatic heterocycles. The normalized spacial score (nSPS) is 13.3. The Morgan fingerprint density at radius 1 is 1.06 bits per heavy atom. The van der Waals surface area contributed by atoms with Crippen LogP contribution in [0, 0.1) is 0 Å². The van der Waals surface area contributed by atoms with Crippen LogP contribution in [-0.2, 0) is 7.05 Å². The molecule has 0 fully saturated rings. The fraction of sp³-hybridized carbons (Fsp3) is 0.250. The third-order valence-corrected chi connectivity index (χ3v) is 3.71. The Kier molecular flexibility index (Phi) is 2.60. The fourth-order valence-corrected chi connectivity index (χ4v) is 2.63. The Balaban J connectivity index is 2.36. The highest BCUT2D eigenvalue weighted by molar-refractivity contribution is 6.08. The summed E-state index contributed by atoms with van der Waals surface area (Å²) in [6.45, 7) is 2.00. The number of fused-ring (bicyclic) bond motifs is 3. The second kappa shape index (κ2) is 4.14. The number of aliphatic hydroxyl groups is 1. The van der Waals surface area contributed by atoms with Crippen molar-refractivity contribution in [3.05, 3.63) is 48.0 Å². The highest BCUT2D eigenvalue weighted by Crippen LogP contribution is 2.30. The predicted molar refractivity (Wildman–Crippen MR) is 75.7 cm³/mol. The molecule has 0 aliphatic heterocycles. The van der Waals surface area contributed by atoms with Crippen molar-refractivity contribution < 1.29 is 5.11 Å². The molecule has 0 bridgehead atoms. The van der Waals surface area contributed by atoms with E-state index in [9.17, 15) is 5.11 Å². The highest BCUT2D eigenvalue weighted by Gasteiger charge is 2.10. The molecule has 0 aliphatic rings. The molecule has 0 amide bonds. The second-order valence-electron chi connectivity index (χ2n) is 4.78. The topological polar surface area (TPSA) is 25.2 Å². The lowest BCUT2D eigenvalue weighted by Crippen LogP contribution is -1.94. The van der Waals surface area contributed by atoms with E-state index in [1.54, 1.807) is 0 Å². The van der Waals surface area contributed by atoms with E-state index in [0.29, 0.717) is 0 Å². The first kappa shape index (κ1) is 11.3. The molecule has 0 aliphatic carbocycles. The van der Waals surface area contributed by atoms with Gasteiger partial charge in [-0.2, -0.15) is 0 Å². The molecule has 0 spiro atoms. The molecule has 18 heavy (non-hydrogen) atoms. The zero-order valence-electron chi connectivity index (χ0n) is 10.7. The van der Waals surface area contributed by atoms with Gasteiger partial charge in [-0.25, -0.2) is 0 Å². The van der Waals surface area contributed by atoms with Gasteiger partial charge in [-0.15, -0.1) is 0 Å². The van der Waals surface area contributed by atoms with Crippen LogP contribution in [0.1, 0.15) is 25.0 Å². The van der Waals surface area contributed by atoms with Crippen LogP contribution in [0.15, 0.2) is 42.5 Å². The van der Waals surface area contributed by atoms with Gasteiger partial charge < -0.3 is 9.67 Å². The van der Waals surface area contributed by atoms with Gasteiger partial charge >= 0.3 is 0 Å². The maximum atomic E-state index is 9.96. The van der Waals surface area contributed by atoms with Crippen LogP contribution in [0.3, 0.4) is 0 Å². The Morgan fingerprint density at radius 3 is 2.56 bits per heavy atom. The van der Waals surface area contributed by atoms with Gasteiger partial charge in [0.2, 0.25) is 0 Å². The van der Waals surface area contributed by atoms with Gasteiger partial charge in [0.05, 0.1) is 6.10 Å². The molecule has 3 aromatic rings. The second-order valence-corrected chi connectivity index (χ2v) is 4.78. The maximum Gasteiger partial charge on any atom is 0.0787 e. The molecule has 1 heterocycles. The van der Waals surface area contributed by atoms with Crippen molar-refractivity contribution in [2.75, 3.05) is 0 Å². The largest absolute Gasteiger partial charge is 0.388 e. The summed E-state index contributed by atoms with van der Waals surface area (Å²) in [6.07, 6.45) is 0.379. The first-order valence-electron chi connectivity index (χ1n) is 6.37. The van der Waals surface area contributed by atoms with E-state index in [-0.39, 0.29) is 6.10 Å². The number of aromatic nitrogens is 1. The van der Waals surface area contributed by atoms with Crippen LogP contribution in [0.25, 0.3) is 21.8 Å². The van der Waals surface area contributed by atoms with E-state index in [4.69, 9.17) is 0 Å². The summed E-state index contributed by atoms with van der Waals surface area (Å²) in [6, 6.07) is 14.6. The van der Waals surface area contributed by atoms with Crippen LogP contribution >= 0.6 is 0 Å². The molecule has 3 rings (SSSR count). The van der Waals surface area contributed by atoms with Crippen molar-refractivity contribution in [2.45, 2.75) is 19.4 Å². The van der Waals surface area contributed by atoms with E-state index in [1.807, 2.05) is 13.0 Å². The number of benzene rings is 2. The van der Waals surface area contributed by atoms with E-state index < -0.39 is 0 Å². The lowest BCUT2D eigenvalue weighted by molar-refractivity contribution is 0.174. The minimum atomic E-state index is -0.367. The van der Waals surface area contributed by atoms with Crippen LogP contribution < -0.4 is 0 Å². The van der Waals surface area contributed by atoms with Crippen molar-refractivity contribution in [3.63, 3.8) is 0 Å². The van der Waals surface area contributed by atoms with Gasteiger partial charge in [0.25, 0.3) is 0 Å². The number of nitrogens with zero attached hydrogens (tertiary/aromatic N) is 1. The number of aliphatic hydroxyl groups excluding tert-OH is 1. The molecule has 0 radical (unpaired) electrons. The first-order valence-corrected chi connectivity index (χ1v) is 6.37. The lowest BCUT2D eigenvalue weighted by Gasteiger charge is -2.08. The number of para-hydroxylation sites is 1. The zero-order valence-corrected chi connectivity index (χ0v) is 10.7. The smallest absolute Gasteiger partial charge is 0.0787 e. The average Bonchev–Trinajstić information content (AvgIpc) is 2.72. The summed E-state index contributed by atoms with van der Waals surface area (Å²) in [7, 11) is 2.08. The quantitative estimate of drug-likeness (QED) is 0.723. The van der Waals surface area contributed by atoms with Crippen LogP contribution in [0.4, 0.5) is 0 Å². The van der Waals surface area contributed by atoms with Crippen molar-refractivity contribution in [2.24, 2.45) is 7.05 Å². The highest BCUT2D eigenvalue weighted by atomic mass is 16.3. The Bertz CT molecular complexity index is 712. The molecular weight excluding hydrogens is 222 g/mol. The minimum absolute atomic E-state index is 0.367. The summed E-state index contributed by atoms with van der Waals surface area (Å²) >= 11 is 0. The molecule has 2 nitrogen and oxygen atoms in total. The monoisotopic (exact) mass is 239 g/mol. The Morgan fingerprint density at radius 2 is 1.78 bits per heavy atom. The van der Waals surface area contributed by atoms with Crippen LogP contribution in [-0.4, -0.2) is 9.67 Å². The maximum absolute atomic E-state index is 9.96. The Labute approximate surface area is 106 Å². The lowest BCUT2D eigenvalue weighted by atomic mass is 10.0. The number of aryl methyl sites for hydroxylation is 1. The van der Waals surface area contributed by atoms with Gasteiger partial charge in [0, 0.05) is 28.9 Å². The summed E-state index contributed by atoms with van der Waals surface area (Å²) in [5, 5.41) is 12.4. The Hall–Kier alpha value is -1.80. The van der Waals surface area contributed by atoms with Gasteiger partial charge in [-0.05, 0) is 30.2 Å². The molecular formula is C16H17NO. The minimum Gasteiger partial charge on any atom is -0.388 e. The molecule has 2 aromatic carbocycles. The van der Waals surface area contributed by atoms with E-state index in [0.717, 1.165) is 12.0 Å². The van der Waals surface area contributed by atoms with Gasteiger partial charge in [-0.1, -0.05) is 31.2 Å². The molecule has 92 valence electrons.